The number of hydrogen-bond acceptors (Lipinski definition) is 4. The van der Waals surface area contributed by atoms with Crippen LogP contribution >= 0.6 is 0 Å². The van der Waals surface area contributed by atoms with E-state index in [-0.39, 0.29) is 24.5 Å². The van der Waals surface area contributed by atoms with Crippen molar-refractivity contribution in [3.8, 4) is 0 Å². The molecule has 0 spiro atoms. The van der Waals surface area contributed by atoms with Crippen molar-refractivity contribution in [2.75, 3.05) is 23.8 Å². The smallest absolute Gasteiger partial charge is 0.257 e. The van der Waals surface area contributed by atoms with Crippen molar-refractivity contribution in [2.24, 2.45) is 0 Å². The lowest BCUT2D eigenvalue weighted by Gasteiger charge is -2.46. The first-order chi connectivity index (χ1) is 16.5. The van der Waals surface area contributed by atoms with E-state index in [4.69, 9.17) is 0 Å². The van der Waals surface area contributed by atoms with Crippen LogP contribution in [-0.4, -0.2) is 39.9 Å². The van der Waals surface area contributed by atoms with Crippen molar-refractivity contribution < 1.29 is 9.59 Å². The number of hydrogen-bond donors (Lipinski definition) is 1. The Kier molecular flexibility index (Phi) is 4.65. The number of aromatic nitrogens is 2. The highest BCUT2D eigenvalue weighted by Crippen LogP contribution is 2.44. The normalized spacial score (nSPS) is 16.8. The molecule has 4 aromatic rings. The van der Waals surface area contributed by atoms with Gasteiger partial charge in [0.2, 0.25) is 5.91 Å². The predicted molar refractivity (Wildman–Crippen MR) is 132 cm³/mol. The molecule has 2 aromatic carbocycles. The maximum Gasteiger partial charge on any atom is 0.257 e. The highest BCUT2D eigenvalue weighted by atomic mass is 16.2. The molecule has 170 valence electrons. The molecule has 0 aliphatic carbocycles. The molecule has 0 radical (unpaired) electrons. The summed E-state index contributed by atoms with van der Waals surface area (Å²) < 4.78 is 2.08. The van der Waals surface area contributed by atoms with Gasteiger partial charge in [-0.3, -0.25) is 9.59 Å². The Morgan fingerprint density at radius 2 is 1.88 bits per heavy atom. The molecule has 1 unspecified atom stereocenters. The first-order valence-corrected chi connectivity index (χ1v) is 11.5. The van der Waals surface area contributed by atoms with E-state index in [9.17, 15) is 9.59 Å². The number of para-hydroxylation sites is 2. The van der Waals surface area contributed by atoms with Crippen LogP contribution in [0.3, 0.4) is 0 Å². The fourth-order valence-electron chi connectivity index (χ4n) is 5.41. The molecular weight excluding hydrogens is 426 g/mol. The van der Waals surface area contributed by atoms with Gasteiger partial charge >= 0.3 is 0 Å². The van der Waals surface area contributed by atoms with E-state index in [0.29, 0.717) is 12.4 Å². The average molecular weight is 452 g/mol. The number of rotatable bonds is 3. The molecule has 2 aliphatic heterocycles. The van der Waals surface area contributed by atoms with Crippen LogP contribution in [0, 0.1) is 6.92 Å². The lowest BCUT2D eigenvalue weighted by Crippen LogP contribution is -2.51. The van der Waals surface area contributed by atoms with Gasteiger partial charge in [-0.15, -0.1) is 0 Å². The number of benzene rings is 2. The maximum atomic E-state index is 13.4. The zero-order valence-corrected chi connectivity index (χ0v) is 19.2. The zero-order chi connectivity index (χ0) is 23.4. The summed E-state index contributed by atoms with van der Waals surface area (Å²) in [5.74, 6) is 0.459. The van der Waals surface area contributed by atoms with Crippen molar-refractivity contribution in [1.82, 2.24) is 14.5 Å². The first-order valence-electron chi connectivity index (χ1n) is 11.5. The highest BCUT2D eigenvalue weighted by Gasteiger charge is 2.42. The van der Waals surface area contributed by atoms with E-state index >= 15 is 0 Å². The Balaban J connectivity index is 1.47. The van der Waals surface area contributed by atoms with Crippen molar-refractivity contribution >= 4 is 34.2 Å². The fraction of sp³-hybridized carbons (Fsp3) is 0.222. The van der Waals surface area contributed by atoms with Crippen LogP contribution in [0.5, 0.6) is 0 Å². The van der Waals surface area contributed by atoms with Crippen LogP contribution in [0.2, 0.25) is 0 Å². The third-order valence-corrected chi connectivity index (χ3v) is 6.97. The molecule has 2 aliphatic rings. The Labute approximate surface area is 197 Å². The van der Waals surface area contributed by atoms with Gasteiger partial charge in [-0.1, -0.05) is 36.4 Å². The van der Waals surface area contributed by atoms with Gasteiger partial charge in [0.25, 0.3) is 5.91 Å². The second-order valence-corrected chi connectivity index (χ2v) is 8.93. The van der Waals surface area contributed by atoms with E-state index in [0.717, 1.165) is 39.8 Å². The van der Waals surface area contributed by atoms with Crippen LogP contribution < -0.4 is 10.2 Å². The molecular formula is C27H25N5O2. The predicted octanol–water partition coefficient (Wildman–Crippen LogP) is 4.13. The van der Waals surface area contributed by atoms with Crippen LogP contribution in [-0.2, 0) is 17.8 Å². The minimum atomic E-state index is -0.275. The Bertz CT molecular complexity index is 1460. The molecule has 0 saturated carbocycles. The summed E-state index contributed by atoms with van der Waals surface area (Å²) >= 11 is 0. The monoisotopic (exact) mass is 451 g/mol. The molecule has 4 heterocycles. The van der Waals surface area contributed by atoms with E-state index in [1.54, 1.807) is 6.20 Å². The summed E-state index contributed by atoms with van der Waals surface area (Å²) in [5, 5.41) is 4.10. The van der Waals surface area contributed by atoms with Crippen molar-refractivity contribution in [3.63, 3.8) is 0 Å². The molecule has 7 nitrogen and oxygen atoms in total. The summed E-state index contributed by atoms with van der Waals surface area (Å²) in [7, 11) is 2.03. The third-order valence-electron chi connectivity index (χ3n) is 6.97. The molecule has 1 N–H and O–H groups in total. The molecule has 0 fully saturated rings. The fourth-order valence-corrected chi connectivity index (χ4v) is 5.41. The van der Waals surface area contributed by atoms with Crippen LogP contribution in [0.15, 0.2) is 66.9 Å². The number of carbonyl (C=O) groups excluding carboxylic acids is 2. The first kappa shape index (κ1) is 20.5. The molecule has 0 saturated heterocycles. The summed E-state index contributed by atoms with van der Waals surface area (Å²) in [4.78, 5) is 35.0. The van der Waals surface area contributed by atoms with Gasteiger partial charge in [0.15, 0.2) is 0 Å². The lowest BCUT2D eigenvalue weighted by atomic mass is 9.96. The Morgan fingerprint density at radius 3 is 2.74 bits per heavy atom. The van der Waals surface area contributed by atoms with Crippen LogP contribution in [0.1, 0.15) is 33.3 Å². The van der Waals surface area contributed by atoms with Gasteiger partial charge in [0, 0.05) is 30.7 Å². The Morgan fingerprint density at radius 1 is 1.09 bits per heavy atom. The van der Waals surface area contributed by atoms with Crippen LogP contribution in [0.4, 0.5) is 11.5 Å². The van der Waals surface area contributed by atoms with Gasteiger partial charge in [0.1, 0.15) is 18.5 Å². The SMILES string of the molecule is Cc1cccnc1NC(=O)Cn1c2c(c3ccccc31)CCN1C(=O)c3ccccc3N(C)C21. The Hall–Kier alpha value is -4.13. The molecule has 2 amide bonds. The number of amides is 2. The minimum absolute atomic E-state index is 0.0368. The van der Waals surface area contributed by atoms with Crippen molar-refractivity contribution in [3.05, 3.63) is 89.2 Å². The van der Waals surface area contributed by atoms with Gasteiger partial charge in [-0.25, -0.2) is 4.98 Å². The van der Waals surface area contributed by atoms with E-state index in [1.165, 1.54) is 5.56 Å². The third kappa shape index (κ3) is 3.00. The molecule has 7 heteroatoms. The summed E-state index contributed by atoms with van der Waals surface area (Å²) in [5.41, 5.74) is 5.75. The standard InChI is InChI=1S/C27H25N5O2/c1-17-8-7-14-28-25(17)29-23(33)16-32-22-12-6-3-9-18(22)19-13-15-31-26(24(19)32)30(2)21-11-5-4-10-20(21)27(31)34/h3-12,14,26H,13,15-16H2,1-2H3,(H,28,29,33). The lowest BCUT2D eigenvalue weighted by molar-refractivity contribution is -0.116. The van der Waals surface area contributed by atoms with Gasteiger partial charge in [0.05, 0.1) is 16.9 Å². The summed E-state index contributed by atoms with van der Waals surface area (Å²) in [6.07, 6.45) is 2.15. The zero-order valence-electron chi connectivity index (χ0n) is 19.2. The second-order valence-electron chi connectivity index (χ2n) is 8.93. The summed E-state index contributed by atoms with van der Waals surface area (Å²) in [6.45, 7) is 2.70. The molecule has 6 rings (SSSR count). The number of carbonyl (C=O) groups is 2. The topological polar surface area (TPSA) is 70.5 Å². The van der Waals surface area contributed by atoms with Gasteiger partial charge in [-0.2, -0.15) is 0 Å². The molecule has 34 heavy (non-hydrogen) atoms. The van der Waals surface area contributed by atoms with Crippen molar-refractivity contribution in [2.45, 2.75) is 26.1 Å². The van der Waals surface area contributed by atoms with E-state index in [1.807, 2.05) is 67.4 Å². The summed E-state index contributed by atoms with van der Waals surface area (Å²) in [6, 6.07) is 19.7. The van der Waals surface area contributed by atoms with Crippen LogP contribution in [0.25, 0.3) is 10.9 Å². The van der Waals surface area contributed by atoms with Crippen molar-refractivity contribution in [1.29, 1.82) is 0 Å². The number of fused-ring (bicyclic) bond motifs is 6. The minimum Gasteiger partial charge on any atom is -0.349 e. The molecule has 1 atom stereocenters. The number of nitrogens with one attached hydrogen (secondary N) is 1. The molecule has 2 aromatic heterocycles. The largest absolute Gasteiger partial charge is 0.349 e. The second kappa shape index (κ2) is 7.73. The van der Waals surface area contributed by atoms with E-state index in [2.05, 4.69) is 31.9 Å². The number of anilines is 2. The quantitative estimate of drug-likeness (QED) is 0.509. The number of pyridine rings is 1. The van der Waals surface area contributed by atoms with Gasteiger partial charge in [-0.05, 0) is 48.7 Å². The van der Waals surface area contributed by atoms with E-state index < -0.39 is 0 Å². The highest BCUT2D eigenvalue weighted by molar-refractivity contribution is 6.03. The molecule has 0 bridgehead atoms. The average Bonchev–Trinajstić information content (AvgIpc) is 3.17. The van der Waals surface area contributed by atoms with Gasteiger partial charge < -0.3 is 19.7 Å². The number of aryl methyl sites for hydroxylation is 1. The number of nitrogens with zero attached hydrogens (tertiary/aromatic N) is 4. The maximum absolute atomic E-state index is 13.4.